The molecule has 0 spiro atoms. The highest BCUT2D eigenvalue weighted by Gasteiger charge is 2.44. The lowest BCUT2D eigenvalue weighted by atomic mass is 10.0. The minimum absolute atomic E-state index is 0.106. The van der Waals surface area contributed by atoms with Crippen molar-refractivity contribution in [1.82, 2.24) is 0 Å². The van der Waals surface area contributed by atoms with E-state index in [1.807, 2.05) is 0 Å². The predicted octanol–water partition coefficient (Wildman–Crippen LogP) is 0.0413. The fourth-order valence-corrected chi connectivity index (χ4v) is 3.59. The van der Waals surface area contributed by atoms with Crippen molar-refractivity contribution in [2.75, 3.05) is 0 Å². The second-order valence-electron chi connectivity index (χ2n) is 3.80. The van der Waals surface area contributed by atoms with Crippen molar-refractivity contribution >= 4 is 15.2 Å². The lowest BCUT2D eigenvalue weighted by molar-refractivity contribution is 0.325. The molecule has 92 valence electrons. The maximum absolute atomic E-state index is 10.9. The Balaban J connectivity index is 4.86. The van der Waals surface area contributed by atoms with E-state index in [0.29, 0.717) is 0 Å². The van der Waals surface area contributed by atoms with Crippen LogP contribution in [0.4, 0.5) is 0 Å². The summed E-state index contributed by atoms with van der Waals surface area (Å²) in [6.45, 7) is 3.42. The van der Waals surface area contributed by atoms with E-state index >= 15 is 0 Å². The zero-order valence-electron chi connectivity index (χ0n) is 8.52. The van der Waals surface area contributed by atoms with Crippen LogP contribution in [0.3, 0.4) is 0 Å². The van der Waals surface area contributed by atoms with E-state index in [-0.39, 0.29) is 5.92 Å². The molecule has 0 aliphatic rings. The smallest absolute Gasteiger partial charge is 0.327 e. The van der Waals surface area contributed by atoms with Gasteiger partial charge in [-0.3, -0.25) is 9.13 Å². The van der Waals surface area contributed by atoms with Crippen LogP contribution in [0.25, 0.3) is 0 Å². The van der Waals surface area contributed by atoms with Crippen LogP contribution in [-0.2, 0) is 9.13 Å². The summed E-state index contributed by atoms with van der Waals surface area (Å²) in [5.41, 5.74) is 5.52. The monoisotopic (exact) mass is 261 g/mol. The fourth-order valence-electron chi connectivity index (χ4n) is 0.986. The van der Waals surface area contributed by atoms with Crippen molar-refractivity contribution in [1.29, 1.82) is 0 Å². The second-order valence-corrected chi connectivity index (χ2v) is 7.81. The Labute approximate surface area is 88.0 Å². The van der Waals surface area contributed by atoms with Crippen LogP contribution in [0.2, 0.25) is 0 Å². The van der Waals surface area contributed by atoms with E-state index in [9.17, 15) is 9.13 Å². The van der Waals surface area contributed by atoms with Crippen molar-refractivity contribution in [3.05, 3.63) is 0 Å². The van der Waals surface area contributed by atoms with Crippen molar-refractivity contribution in [2.45, 2.75) is 31.7 Å². The average molecular weight is 261 g/mol. The SMILES string of the molecule is CC(C)C(N)CC(P(=O)(O)O)P(=O)(O)O. The lowest BCUT2D eigenvalue weighted by Gasteiger charge is -2.24. The van der Waals surface area contributed by atoms with Gasteiger partial charge in [0.2, 0.25) is 0 Å². The summed E-state index contributed by atoms with van der Waals surface area (Å²) >= 11 is 0. The highest BCUT2D eigenvalue weighted by atomic mass is 31.2. The molecule has 0 aliphatic carbocycles. The number of rotatable bonds is 5. The third kappa shape index (κ3) is 5.22. The molecule has 7 nitrogen and oxygen atoms in total. The van der Waals surface area contributed by atoms with E-state index in [0.717, 1.165) is 0 Å². The Morgan fingerprint density at radius 2 is 1.40 bits per heavy atom. The normalized spacial score (nSPS) is 16.1. The van der Waals surface area contributed by atoms with Crippen LogP contribution in [0.15, 0.2) is 0 Å². The van der Waals surface area contributed by atoms with Crippen LogP contribution in [0.5, 0.6) is 0 Å². The Morgan fingerprint density at radius 1 is 1.07 bits per heavy atom. The number of nitrogens with two attached hydrogens (primary N) is 1. The molecule has 0 aromatic heterocycles. The molecule has 0 amide bonds. The summed E-state index contributed by atoms with van der Waals surface area (Å²) in [6.07, 6.45) is -0.397. The molecule has 0 rings (SSSR count). The standard InChI is InChI=1S/C6H17NO6P2/c1-4(2)5(7)3-6(14(8,9)10)15(11,12)13/h4-6H,3,7H2,1-2H3,(H2,8,9,10)(H2,11,12,13). The van der Waals surface area contributed by atoms with Gasteiger partial charge in [-0.1, -0.05) is 13.8 Å². The Bertz CT molecular complexity index is 272. The topological polar surface area (TPSA) is 141 Å². The first-order valence-corrected chi connectivity index (χ1v) is 7.68. The zero-order chi connectivity index (χ0) is 12.4. The molecule has 0 aliphatic heterocycles. The van der Waals surface area contributed by atoms with E-state index < -0.39 is 33.1 Å². The fraction of sp³-hybridized carbons (Fsp3) is 1.00. The van der Waals surface area contributed by atoms with Crippen LogP contribution in [-0.4, -0.2) is 31.0 Å². The summed E-state index contributed by atoms with van der Waals surface area (Å²) < 4.78 is 21.8. The first-order chi connectivity index (χ1) is 6.46. The van der Waals surface area contributed by atoms with Crippen molar-refractivity contribution in [2.24, 2.45) is 11.7 Å². The Kier molecular flexibility index (Phi) is 5.15. The molecule has 0 aromatic carbocycles. The molecule has 15 heavy (non-hydrogen) atoms. The molecule has 0 fully saturated rings. The maximum Gasteiger partial charge on any atom is 0.340 e. The molecule has 0 saturated carbocycles. The summed E-state index contributed by atoms with van der Waals surface area (Å²) in [5.74, 6) is -0.106. The van der Waals surface area contributed by atoms with Gasteiger partial charge in [0.05, 0.1) is 0 Å². The first-order valence-electron chi connectivity index (χ1n) is 4.32. The minimum Gasteiger partial charge on any atom is -0.327 e. The molecule has 6 N–H and O–H groups in total. The van der Waals surface area contributed by atoms with Crippen molar-refractivity contribution in [3.63, 3.8) is 0 Å². The van der Waals surface area contributed by atoms with E-state index in [1.54, 1.807) is 13.8 Å². The summed E-state index contributed by atoms with van der Waals surface area (Å²) in [4.78, 5) is 35.2. The highest BCUT2D eigenvalue weighted by molar-refractivity contribution is 7.70. The van der Waals surface area contributed by atoms with Crippen molar-refractivity contribution < 1.29 is 28.7 Å². The largest absolute Gasteiger partial charge is 0.340 e. The second kappa shape index (κ2) is 5.06. The van der Waals surface area contributed by atoms with Crippen LogP contribution in [0, 0.1) is 5.92 Å². The molecule has 0 saturated heterocycles. The predicted molar refractivity (Wildman–Crippen MR) is 55.3 cm³/mol. The summed E-state index contributed by atoms with van der Waals surface area (Å²) in [7, 11) is -9.67. The Morgan fingerprint density at radius 3 is 1.60 bits per heavy atom. The van der Waals surface area contributed by atoms with Crippen molar-refractivity contribution in [3.8, 4) is 0 Å². The molecule has 0 radical (unpaired) electrons. The van der Waals surface area contributed by atoms with Gasteiger partial charge in [-0.2, -0.15) is 0 Å². The third-order valence-corrected chi connectivity index (χ3v) is 5.90. The summed E-state index contributed by atoms with van der Waals surface area (Å²) in [6, 6.07) is -0.657. The molecule has 0 aromatic rings. The van der Waals surface area contributed by atoms with Crippen LogP contribution >= 0.6 is 15.2 Å². The van der Waals surface area contributed by atoms with Gasteiger partial charge in [0.25, 0.3) is 0 Å². The zero-order valence-corrected chi connectivity index (χ0v) is 10.3. The van der Waals surface area contributed by atoms with Gasteiger partial charge in [-0.05, 0) is 12.3 Å². The lowest BCUT2D eigenvalue weighted by Crippen LogP contribution is -2.31. The number of hydrogen-bond acceptors (Lipinski definition) is 3. The van der Waals surface area contributed by atoms with Gasteiger partial charge in [0, 0.05) is 6.04 Å². The van der Waals surface area contributed by atoms with Crippen LogP contribution in [0.1, 0.15) is 20.3 Å². The average Bonchev–Trinajstić information content (AvgIpc) is 1.94. The van der Waals surface area contributed by atoms with E-state index in [1.165, 1.54) is 0 Å². The van der Waals surface area contributed by atoms with Crippen LogP contribution < -0.4 is 5.73 Å². The Hall–Kier alpha value is 0.260. The molecular formula is C6H17NO6P2. The quantitative estimate of drug-likeness (QED) is 0.440. The minimum atomic E-state index is -4.83. The highest BCUT2D eigenvalue weighted by Crippen LogP contribution is 2.61. The molecular weight excluding hydrogens is 244 g/mol. The van der Waals surface area contributed by atoms with Gasteiger partial charge in [-0.25, -0.2) is 0 Å². The first kappa shape index (κ1) is 15.3. The molecule has 0 heterocycles. The molecule has 0 bridgehead atoms. The third-order valence-electron chi connectivity index (χ3n) is 2.12. The molecule has 9 heteroatoms. The van der Waals surface area contributed by atoms with Gasteiger partial charge in [0.1, 0.15) is 0 Å². The van der Waals surface area contributed by atoms with Gasteiger partial charge < -0.3 is 25.3 Å². The molecule has 1 unspecified atom stereocenters. The number of hydrogen-bond donors (Lipinski definition) is 5. The molecule has 1 atom stereocenters. The van der Waals surface area contributed by atoms with Gasteiger partial charge in [0.15, 0.2) is 5.40 Å². The van der Waals surface area contributed by atoms with E-state index in [2.05, 4.69) is 0 Å². The van der Waals surface area contributed by atoms with Gasteiger partial charge >= 0.3 is 15.2 Å². The van der Waals surface area contributed by atoms with Gasteiger partial charge in [-0.15, -0.1) is 0 Å². The maximum atomic E-state index is 10.9. The van der Waals surface area contributed by atoms with E-state index in [4.69, 9.17) is 25.3 Å². The summed E-state index contributed by atoms with van der Waals surface area (Å²) in [5, 5.41) is -2.00.